The van der Waals surface area contributed by atoms with Crippen molar-refractivity contribution in [2.45, 2.75) is 53.6 Å². The van der Waals surface area contributed by atoms with Crippen LogP contribution in [-0.4, -0.2) is 46.7 Å². The number of ketones is 1. The Bertz CT molecular complexity index is 1190. The van der Waals surface area contributed by atoms with Crippen molar-refractivity contribution in [2.24, 2.45) is 11.1 Å². The average Bonchev–Trinajstić information content (AvgIpc) is 2.77. The van der Waals surface area contributed by atoms with Crippen molar-refractivity contribution in [3.8, 4) is 23.2 Å². The molecule has 1 saturated heterocycles. The maximum Gasteiger partial charge on any atom is 0.163 e. The molecule has 3 N–H and O–H groups in total. The van der Waals surface area contributed by atoms with Crippen LogP contribution in [-0.2, 0) is 4.79 Å². The van der Waals surface area contributed by atoms with Crippen LogP contribution in [0.2, 0.25) is 5.02 Å². The summed E-state index contributed by atoms with van der Waals surface area (Å²) in [5, 5.41) is 19.9. The molecule has 35 heavy (non-hydrogen) atoms. The van der Waals surface area contributed by atoms with E-state index in [1.54, 1.807) is 25.1 Å². The summed E-state index contributed by atoms with van der Waals surface area (Å²) in [7, 11) is 0. The van der Waals surface area contributed by atoms with Crippen molar-refractivity contribution in [1.82, 2.24) is 9.97 Å². The summed E-state index contributed by atoms with van der Waals surface area (Å²) in [6.45, 7) is 10.0. The van der Waals surface area contributed by atoms with Gasteiger partial charge in [0.2, 0.25) is 0 Å². The number of aliphatic hydroxyl groups excluding tert-OH is 1. The fourth-order valence-corrected chi connectivity index (χ4v) is 4.40. The van der Waals surface area contributed by atoms with Crippen molar-refractivity contribution < 1.29 is 14.6 Å². The molecule has 0 radical (unpaired) electrons. The fraction of sp³-hybridized carbons (Fsp3) is 0.462. The lowest BCUT2D eigenvalue weighted by atomic mass is 9.83. The number of rotatable bonds is 9. The summed E-state index contributed by atoms with van der Waals surface area (Å²) >= 11 is 6.54. The van der Waals surface area contributed by atoms with E-state index in [1.807, 2.05) is 25.7 Å². The van der Waals surface area contributed by atoms with E-state index in [4.69, 9.17) is 32.0 Å². The molecule has 9 heteroatoms. The number of hydrogen-bond donors (Lipinski definition) is 2. The van der Waals surface area contributed by atoms with Gasteiger partial charge >= 0.3 is 0 Å². The Morgan fingerprint density at radius 2 is 2.06 bits per heavy atom. The molecule has 1 aliphatic heterocycles. The van der Waals surface area contributed by atoms with Crippen LogP contribution in [0.15, 0.2) is 23.9 Å². The monoisotopic (exact) mass is 497 g/mol. The second-order valence-corrected chi connectivity index (χ2v) is 9.79. The van der Waals surface area contributed by atoms with Crippen LogP contribution in [0.3, 0.4) is 0 Å². The predicted molar refractivity (Wildman–Crippen MR) is 137 cm³/mol. The van der Waals surface area contributed by atoms with Crippen molar-refractivity contribution in [2.75, 3.05) is 24.6 Å². The number of ether oxygens (including phenoxy) is 1. The number of carbonyl (C=O) groups excluding carboxylic acids is 1. The highest BCUT2D eigenvalue weighted by Gasteiger charge is 2.41. The van der Waals surface area contributed by atoms with Gasteiger partial charge in [-0.25, -0.2) is 9.97 Å². The molecule has 1 aliphatic rings. The lowest BCUT2D eigenvalue weighted by molar-refractivity contribution is -0.111. The van der Waals surface area contributed by atoms with E-state index < -0.39 is 11.5 Å². The first kappa shape index (κ1) is 26.5. The summed E-state index contributed by atoms with van der Waals surface area (Å²) in [6, 6.07) is 7.47. The molecule has 0 unspecified atom stereocenters. The zero-order chi connectivity index (χ0) is 25.9. The van der Waals surface area contributed by atoms with E-state index in [0.717, 1.165) is 6.42 Å². The topological polar surface area (TPSA) is 125 Å². The molecule has 0 spiro atoms. The van der Waals surface area contributed by atoms with Crippen LogP contribution in [0.4, 0.5) is 5.82 Å². The van der Waals surface area contributed by atoms with Crippen LogP contribution in [0.1, 0.15) is 51.8 Å². The first-order valence-corrected chi connectivity index (χ1v) is 12.0. The Morgan fingerprint density at radius 1 is 1.37 bits per heavy atom. The van der Waals surface area contributed by atoms with E-state index in [1.165, 1.54) is 6.92 Å². The summed E-state index contributed by atoms with van der Waals surface area (Å²) in [6.07, 6.45) is 0.932. The molecule has 0 amide bonds. The minimum absolute atomic E-state index is 0.157. The van der Waals surface area contributed by atoms with Crippen LogP contribution in [0.5, 0.6) is 5.75 Å². The van der Waals surface area contributed by atoms with E-state index in [2.05, 4.69) is 6.07 Å². The van der Waals surface area contributed by atoms with E-state index >= 15 is 0 Å². The third kappa shape index (κ3) is 5.75. The van der Waals surface area contributed by atoms with Crippen molar-refractivity contribution in [1.29, 1.82) is 5.26 Å². The van der Waals surface area contributed by atoms with Crippen LogP contribution < -0.4 is 15.4 Å². The summed E-state index contributed by atoms with van der Waals surface area (Å²) in [4.78, 5) is 24.0. The largest absolute Gasteiger partial charge is 0.491 e. The minimum atomic E-state index is -0.565. The SMILES string of the molecule is CCC[C@@H](O)COc1ccc(Cl)c(-c2nc(C(C(C)=O)=C(C)N)c(C)c(N3CC(C)(C#N)C3)n2)c1. The van der Waals surface area contributed by atoms with Crippen molar-refractivity contribution >= 4 is 28.8 Å². The Balaban J connectivity index is 2.12. The molecule has 8 nitrogen and oxygen atoms in total. The van der Waals surface area contributed by atoms with E-state index in [-0.39, 0.29) is 12.4 Å². The molecule has 0 aliphatic carbocycles. The number of carbonyl (C=O) groups is 1. The maximum absolute atomic E-state index is 12.5. The summed E-state index contributed by atoms with van der Waals surface area (Å²) < 4.78 is 5.77. The normalized spacial score (nSPS) is 16.1. The zero-order valence-corrected chi connectivity index (χ0v) is 21.6. The van der Waals surface area contributed by atoms with Gasteiger partial charge in [0.05, 0.1) is 33.9 Å². The number of allylic oxidation sites excluding steroid dienone is 2. The fourth-order valence-electron chi connectivity index (χ4n) is 4.20. The standard InChI is InChI=1S/C26H32ClN5O3/c1-6-7-18(34)11-35-19-8-9-21(27)20(10-19)24-30-23(22(16(3)29)17(4)33)15(2)25(31-24)32-13-26(5,12-28)14-32/h8-10,18,34H,6-7,11,13-14,29H2,1-5H3/t18-/m1/s1. The third-order valence-corrected chi connectivity index (χ3v) is 6.33. The smallest absolute Gasteiger partial charge is 0.163 e. The highest BCUT2D eigenvalue weighted by molar-refractivity contribution is 6.33. The zero-order valence-electron chi connectivity index (χ0n) is 20.9. The van der Waals surface area contributed by atoms with Gasteiger partial charge in [-0.2, -0.15) is 5.26 Å². The second-order valence-electron chi connectivity index (χ2n) is 9.38. The predicted octanol–water partition coefficient (Wildman–Crippen LogP) is 4.27. The number of Topliss-reactive ketones (excluding diaryl/α,β-unsaturated/α-hetero) is 1. The van der Waals surface area contributed by atoms with Gasteiger partial charge < -0.3 is 20.5 Å². The van der Waals surface area contributed by atoms with E-state index in [0.29, 0.717) is 70.0 Å². The molecule has 1 atom stereocenters. The average molecular weight is 498 g/mol. The number of hydrogen-bond acceptors (Lipinski definition) is 8. The number of halogens is 1. The Hall–Kier alpha value is -3.15. The van der Waals surface area contributed by atoms with Gasteiger partial charge in [0.1, 0.15) is 18.2 Å². The Kier molecular flexibility index (Phi) is 8.04. The van der Waals surface area contributed by atoms with E-state index in [9.17, 15) is 15.2 Å². The molecule has 2 heterocycles. The lowest BCUT2D eigenvalue weighted by Gasteiger charge is -2.44. The number of nitrogens with zero attached hydrogens (tertiary/aromatic N) is 4. The molecule has 1 fully saturated rings. The number of aromatic nitrogens is 2. The van der Waals surface area contributed by atoms with Gasteiger partial charge in [0.15, 0.2) is 11.6 Å². The molecular formula is C26H32ClN5O3. The first-order valence-electron chi connectivity index (χ1n) is 11.6. The number of benzene rings is 1. The van der Waals surface area contributed by atoms with Gasteiger partial charge in [-0.1, -0.05) is 24.9 Å². The summed E-state index contributed by atoms with van der Waals surface area (Å²) in [5.41, 5.74) is 7.96. The second kappa shape index (κ2) is 10.6. The summed E-state index contributed by atoms with van der Waals surface area (Å²) in [5.74, 6) is 1.25. The van der Waals surface area contributed by atoms with Gasteiger partial charge in [-0.3, -0.25) is 4.79 Å². The third-order valence-electron chi connectivity index (χ3n) is 6.00. The molecule has 1 aromatic carbocycles. The van der Waals surface area contributed by atoms with Gasteiger partial charge in [-0.05, 0) is 52.3 Å². The van der Waals surface area contributed by atoms with Crippen LogP contribution in [0, 0.1) is 23.7 Å². The molecule has 0 saturated carbocycles. The molecule has 3 rings (SSSR count). The number of anilines is 1. The maximum atomic E-state index is 12.5. The molecule has 2 aromatic rings. The quantitative estimate of drug-likeness (QED) is 0.492. The minimum Gasteiger partial charge on any atom is -0.491 e. The highest BCUT2D eigenvalue weighted by Crippen LogP contribution is 2.38. The van der Waals surface area contributed by atoms with Crippen molar-refractivity contribution in [3.05, 3.63) is 40.2 Å². The number of nitrogens with two attached hydrogens (primary N) is 1. The molecule has 1 aromatic heterocycles. The van der Waals surface area contributed by atoms with Gasteiger partial charge in [0.25, 0.3) is 0 Å². The van der Waals surface area contributed by atoms with Gasteiger partial charge in [0, 0.05) is 29.9 Å². The highest BCUT2D eigenvalue weighted by atomic mass is 35.5. The lowest BCUT2D eigenvalue weighted by Crippen LogP contribution is -2.54. The van der Waals surface area contributed by atoms with Crippen molar-refractivity contribution in [3.63, 3.8) is 0 Å². The number of aliphatic hydroxyl groups is 1. The molecular weight excluding hydrogens is 466 g/mol. The number of nitriles is 1. The molecule has 186 valence electrons. The van der Waals surface area contributed by atoms with Gasteiger partial charge in [-0.15, -0.1) is 0 Å². The van der Waals surface area contributed by atoms with Crippen LogP contribution >= 0.6 is 11.6 Å². The van der Waals surface area contributed by atoms with Crippen LogP contribution in [0.25, 0.3) is 17.0 Å². The Labute approximate surface area is 211 Å². The molecule has 0 bridgehead atoms. The Morgan fingerprint density at radius 3 is 2.63 bits per heavy atom. The first-order chi connectivity index (χ1) is 16.5.